The maximum absolute atomic E-state index is 6.41. The van der Waals surface area contributed by atoms with Gasteiger partial charge in [0.05, 0.1) is 16.4 Å². The second-order valence-electron chi connectivity index (χ2n) is 5.25. The van der Waals surface area contributed by atoms with Crippen LogP contribution in [0.25, 0.3) is 0 Å². The molecule has 0 bridgehead atoms. The Morgan fingerprint density at radius 2 is 2.18 bits per heavy atom. The van der Waals surface area contributed by atoms with Crippen LogP contribution in [0.3, 0.4) is 0 Å². The normalized spacial score (nSPS) is 18.1. The summed E-state index contributed by atoms with van der Waals surface area (Å²) < 4.78 is 1.97. The molecule has 1 saturated carbocycles. The number of halogens is 1. The van der Waals surface area contributed by atoms with Crippen LogP contribution < -0.4 is 5.32 Å². The molecule has 0 radical (unpaired) electrons. The number of nitrogens with one attached hydrogen (secondary N) is 1. The van der Waals surface area contributed by atoms with Crippen molar-refractivity contribution in [2.75, 3.05) is 13.6 Å². The number of hydrogen-bond acceptors (Lipinski definition) is 2. The van der Waals surface area contributed by atoms with Gasteiger partial charge in [-0.05, 0) is 38.1 Å². The Hall–Kier alpha value is -0.540. The van der Waals surface area contributed by atoms with E-state index in [0.29, 0.717) is 5.41 Å². The molecule has 96 valence electrons. The maximum Gasteiger partial charge on any atom is 0.0849 e. The van der Waals surface area contributed by atoms with E-state index in [9.17, 15) is 0 Å². The van der Waals surface area contributed by atoms with Crippen LogP contribution in [0.2, 0.25) is 5.02 Å². The summed E-state index contributed by atoms with van der Waals surface area (Å²) in [6, 6.07) is 0. The standard InChI is InChI=1S/C13H22ClN3/c1-4-10-12(14)11(17(3)16-10)8-13(9-15-2)6-5-7-13/h15H,4-9H2,1-3H3. The zero-order valence-corrected chi connectivity index (χ0v) is 11.8. The van der Waals surface area contributed by atoms with Gasteiger partial charge in [0.15, 0.2) is 0 Å². The molecule has 17 heavy (non-hydrogen) atoms. The highest BCUT2D eigenvalue weighted by molar-refractivity contribution is 6.31. The molecule has 0 amide bonds. The molecule has 0 atom stereocenters. The van der Waals surface area contributed by atoms with E-state index in [4.69, 9.17) is 11.6 Å². The second-order valence-corrected chi connectivity index (χ2v) is 5.62. The Bertz CT molecular complexity index is 394. The van der Waals surface area contributed by atoms with Gasteiger partial charge in [-0.15, -0.1) is 0 Å². The third kappa shape index (κ3) is 2.36. The van der Waals surface area contributed by atoms with Gasteiger partial charge in [0.1, 0.15) is 0 Å². The first kappa shape index (κ1) is 12.9. The van der Waals surface area contributed by atoms with E-state index in [1.165, 1.54) is 25.0 Å². The minimum atomic E-state index is 0.414. The molecule has 1 aromatic heterocycles. The Balaban J connectivity index is 2.20. The van der Waals surface area contributed by atoms with Crippen LogP contribution in [-0.4, -0.2) is 23.4 Å². The summed E-state index contributed by atoms with van der Waals surface area (Å²) in [5.41, 5.74) is 2.65. The summed E-state index contributed by atoms with van der Waals surface area (Å²) in [5.74, 6) is 0. The minimum absolute atomic E-state index is 0.414. The summed E-state index contributed by atoms with van der Waals surface area (Å²) in [6.45, 7) is 3.18. The van der Waals surface area contributed by atoms with Crippen molar-refractivity contribution in [1.82, 2.24) is 15.1 Å². The van der Waals surface area contributed by atoms with Crippen LogP contribution in [0.5, 0.6) is 0 Å². The molecule has 1 aromatic rings. The molecule has 1 aliphatic carbocycles. The van der Waals surface area contributed by atoms with E-state index in [1.54, 1.807) is 0 Å². The third-order valence-corrected chi connectivity index (χ3v) is 4.45. The average molecular weight is 256 g/mol. The molecule has 1 heterocycles. The zero-order valence-electron chi connectivity index (χ0n) is 11.0. The molecule has 0 unspecified atom stereocenters. The van der Waals surface area contributed by atoms with E-state index in [-0.39, 0.29) is 0 Å². The van der Waals surface area contributed by atoms with E-state index in [1.807, 2.05) is 18.8 Å². The third-order valence-electron chi connectivity index (χ3n) is 4.01. The van der Waals surface area contributed by atoms with Gasteiger partial charge >= 0.3 is 0 Å². The fraction of sp³-hybridized carbons (Fsp3) is 0.769. The smallest absolute Gasteiger partial charge is 0.0849 e. The van der Waals surface area contributed by atoms with Crippen LogP contribution in [0.4, 0.5) is 0 Å². The number of rotatable bonds is 5. The molecule has 0 aliphatic heterocycles. The first-order chi connectivity index (χ1) is 8.12. The number of aromatic nitrogens is 2. The molecule has 3 nitrogen and oxygen atoms in total. The molecular formula is C13H22ClN3. The van der Waals surface area contributed by atoms with Gasteiger partial charge in [-0.3, -0.25) is 4.68 Å². The van der Waals surface area contributed by atoms with Crippen LogP contribution in [0.15, 0.2) is 0 Å². The lowest BCUT2D eigenvalue weighted by atomic mass is 9.66. The molecule has 1 N–H and O–H groups in total. The van der Waals surface area contributed by atoms with Gasteiger partial charge in [-0.2, -0.15) is 5.10 Å². The fourth-order valence-corrected chi connectivity index (χ4v) is 3.20. The van der Waals surface area contributed by atoms with Crippen LogP contribution in [-0.2, 0) is 19.9 Å². The molecule has 2 rings (SSSR count). The highest BCUT2D eigenvalue weighted by atomic mass is 35.5. The van der Waals surface area contributed by atoms with Crippen molar-refractivity contribution in [2.24, 2.45) is 12.5 Å². The fourth-order valence-electron chi connectivity index (χ4n) is 2.83. The first-order valence-corrected chi connectivity index (χ1v) is 6.84. The Labute approximate surface area is 109 Å². The molecule has 0 aromatic carbocycles. The van der Waals surface area contributed by atoms with Crippen LogP contribution >= 0.6 is 11.6 Å². The molecule has 1 fully saturated rings. The van der Waals surface area contributed by atoms with E-state index in [2.05, 4.69) is 17.3 Å². The lowest BCUT2D eigenvalue weighted by molar-refractivity contribution is 0.130. The Morgan fingerprint density at radius 1 is 1.47 bits per heavy atom. The summed E-state index contributed by atoms with van der Waals surface area (Å²) >= 11 is 6.41. The summed E-state index contributed by atoms with van der Waals surface area (Å²) in [4.78, 5) is 0. The molecule has 0 spiro atoms. The largest absolute Gasteiger partial charge is 0.319 e. The molecular weight excluding hydrogens is 234 g/mol. The quantitative estimate of drug-likeness (QED) is 0.877. The topological polar surface area (TPSA) is 29.9 Å². The molecule has 4 heteroatoms. The lowest BCUT2D eigenvalue weighted by Gasteiger charge is -2.42. The second kappa shape index (κ2) is 4.99. The SMILES string of the molecule is CCc1nn(C)c(CC2(CNC)CCC2)c1Cl. The van der Waals surface area contributed by atoms with Crippen molar-refractivity contribution in [1.29, 1.82) is 0 Å². The highest BCUT2D eigenvalue weighted by Crippen LogP contribution is 2.44. The maximum atomic E-state index is 6.41. The van der Waals surface area contributed by atoms with Crippen LogP contribution in [0.1, 0.15) is 37.6 Å². The Morgan fingerprint density at radius 3 is 2.59 bits per heavy atom. The van der Waals surface area contributed by atoms with Crippen LogP contribution in [0, 0.1) is 5.41 Å². The number of aryl methyl sites for hydroxylation is 2. The van der Waals surface area contributed by atoms with Crippen molar-refractivity contribution >= 4 is 11.6 Å². The van der Waals surface area contributed by atoms with E-state index >= 15 is 0 Å². The predicted octanol–water partition coefficient (Wildman–Crippen LogP) is 2.57. The summed E-state index contributed by atoms with van der Waals surface area (Å²) in [6.07, 6.45) is 5.91. The van der Waals surface area contributed by atoms with E-state index in [0.717, 1.165) is 30.1 Å². The van der Waals surface area contributed by atoms with Crippen molar-refractivity contribution in [2.45, 2.75) is 39.0 Å². The first-order valence-electron chi connectivity index (χ1n) is 6.47. The molecule has 0 saturated heterocycles. The Kier molecular flexibility index (Phi) is 3.79. The monoisotopic (exact) mass is 255 g/mol. The van der Waals surface area contributed by atoms with Gasteiger partial charge in [-0.1, -0.05) is 24.9 Å². The van der Waals surface area contributed by atoms with Crippen molar-refractivity contribution < 1.29 is 0 Å². The van der Waals surface area contributed by atoms with Crippen molar-refractivity contribution in [3.05, 3.63) is 16.4 Å². The summed E-state index contributed by atoms with van der Waals surface area (Å²) in [7, 11) is 4.04. The van der Waals surface area contributed by atoms with Gasteiger partial charge in [0.2, 0.25) is 0 Å². The van der Waals surface area contributed by atoms with E-state index < -0.39 is 0 Å². The summed E-state index contributed by atoms with van der Waals surface area (Å²) in [5, 5.41) is 8.70. The average Bonchev–Trinajstić information content (AvgIpc) is 2.53. The lowest BCUT2D eigenvalue weighted by Crippen LogP contribution is -2.41. The highest BCUT2D eigenvalue weighted by Gasteiger charge is 2.38. The number of hydrogen-bond donors (Lipinski definition) is 1. The zero-order chi connectivity index (χ0) is 12.5. The molecule has 1 aliphatic rings. The van der Waals surface area contributed by atoms with Crippen molar-refractivity contribution in [3.8, 4) is 0 Å². The van der Waals surface area contributed by atoms with Gasteiger partial charge < -0.3 is 5.32 Å². The minimum Gasteiger partial charge on any atom is -0.319 e. The van der Waals surface area contributed by atoms with Gasteiger partial charge in [0.25, 0.3) is 0 Å². The van der Waals surface area contributed by atoms with Crippen molar-refractivity contribution in [3.63, 3.8) is 0 Å². The van der Waals surface area contributed by atoms with Gasteiger partial charge in [-0.25, -0.2) is 0 Å². The predicted molar refractivity (Wildman–Crippen MR) is 71.5 cm³/mol. The van der Waals surface area contributed by atoms with Gasteiger partial charge in [0, 0.05) is 13.6 Å². The number of nitrogens with zero attached hydrogens (tertiary/aromatic N) is 2.